The van der Waals surface area contributed by atoms with Crippen molar-refractivity contribution in [1.29, 1.82) is 0 Å². The second-order valence-electron chi connectivity index (χ2n) is 8.51. The molecule has 6 nitrogen and oxygen atoms in total. The number of hydrogen-bond acceptors (Lipinski definition) is 4. The van der Waals surface area contributed by atoms with E-state index in [1.807, 2.05) is 7.05 Å². The van der Waals surface area contributed by atoms with Crippen molar-refractivity contribution in [3.05, 3.63) is 0 Å². The quantitative estimate of drug-likeness (QED) is 0.527. The number of hydrogen-bond donors (Lipinski definition) is 2. The third kappa shape index (κ3) is 6.39. The molecule has 2 saturated heterocycles. The van der Waals surface area contributed by atoms with Gasteiger partial charge in [-0.1, -0.05) is 19.8 Å². The molecule has 1 saturated carbocycles. The molecule has 3 aliphatic rings. The average molecular weight is 366 g/mol. The van der Waals surface area contributed by atoms with Crippen LogP contribution in [0.2, 0.25) is 0 Å². The van der Waals surface area contributed by atoms with Crippen molar-refractivity contribution < 1.29 is 4.74 Å². The first-order valence-corrected chi connectivity index (χ1v) is 10.7. The standard InChI is InChI=1S/C20H39N5O/c1-17(14-24-9-11-26-12-10-24)13-22-20(21-2)23-19-7-8-25(16-19)15-18-5-3-4-6-18/h17-19H,3-16H2,1-2H3,(H2,21,22,23). The molecule has 1 aliphatic carbocycles. The molecule has 0 aromatic heterocycles. The molecule has 0 amide bonds. The Hall–Kier alpha value is -0.850. The van der Waals surface area contributed by atoms with Crippen LogP contribution in [0.5, 0.6) is 0 Å². The van der Waals surface area contributed by atoms with E-state index in [2.05, 4.69) is 32.3 Å². The van der Waals surface area contributed by atoms with Gasteiger partial charge in [-0.15, -0.1) is 0 Å². The molecule has 0 aromatic rings. The van der Waals surface area contributed by atoms with Crippen molar-refractivity contribution in [3.8, 4) is 0 Å². The van der Waals surface area contributed by atoms with Crippen molar-refractivity contribution in [1.82, 2.24) is 20.4 Å². The van der Waals surface area contributed by atoms with E-state index in [0.717, 1.165) is 51.3 Å². The molecular formula is C20H39N5O. The summed E-state index contributed by atoms with van der Waals surface area (Å²) in [7, 11) is 1.88. The Morgan fingerprint density at radius 2 is 1.88 bits per heavy atom. The van der Waals surface area contributed by atoms with E-state index >= 15 is 0 Å². The van der Waals surface area contributed by atoms with Crippen molar-refractivity contribution in [3.63, 3.8) is 0 Å². The van der Waals surface area contributed by atoms with Gasteiger partial charge in [-0.2, -0.15) is 0 Å². The Morgan fingerprint density at radius 3 is 2.62 bits per heavy atom. The Balaban J connectivity index is 1.32. The molecule has 2 atom stereocenters. The van der Waals surface area contributed by atoms with Crippen LogP contribution < -0.4 is 10.6 Å². The van der Waals surface area contributed by atoms with Gasteiger partial charge in [-0.05, 0) is 31.1 Å². The molecule has 0 spiro atoms. The SMILES string of the molecule is CN=C(NCC(C)CN1CCOCC1)NC1CCN(CC2CCCC2)C1. The van der Waals surface area contributed by atoms with E-state index in [1.54, 1.807) is 0 Å². The topological polar surface area (TPSA) is 52.1 Å². The summed E-state index contributed by atoms with van der Waals surface area (Å²) in [6, 6.07) is 0.539. The fourth-order valence-electron chi connectivity index (χ4n) is 4.62. The van der Waals surface area contributed by atoms with E-state index in [-0.39, 0.29) is 0 Å². The lowest BCUT2D eigenvalue weighted by molar-refractivity contribution is 0.0320. The number of likely N-dealkylation sites (tertiary alicyclic amines) is 1. The molecule has 6 heteroatoms. The summed E-state index contributed by atoms with van der Waals surface area (Å²) in [5.41, 5.74) is 0. The minimum absolute atomic E-state index is 0.539. The minimum Gasteiger partial charge on any atom is -0.379 e. The Bertz CT molecular complexity index is 432. The molecular weight excluding hydrogens is 326 g/mol. The molecule has 2 unspecified atom stereocenters. The van der Waals surface area contributed by atoms with Crippen LogP contribution in [0.4, 0.5) is 0 Å². The molecule has 26 heavy (non-hydrogen) atoms. The summed E-state index contributed by atoms with van der Waals surface area (Å²) in [4.78, 5) is 9.60. The number of aliphatic imine (C=N–C) groups is 1. The van der Waals surface area contributed by atoms with Crippen LogP contribution in [0.25, 0.3) is 0 Å². The van der Waals surface area contributed by atoms with Crippen LogP contribution in [0, 0.1) is 11.8 Å². The number of guanidine groups is 1. The summed E-state index contributed by atoms with van der Waals surface area (Å²) >= 11 is 0. The van der Waals surface area contributed by atoms with Gasteiger partial charge in [0.25, 0.3) is 0 Å². The van der Waals surface area contributed by atoms with E-state index in [1.165, 1.54) is 51.7 Å². The highest BCUT2D eigenvalue weighted by atomic mass is 16.5. The van der Waals surface area contributed by atoms with Crippen molar-refractivity contribution in [2.24, 2.45) is 16.8 Å². The van der Waals surface area contributed by atoms with Gasteiger partial charge >= 0.3 is 0 Å². The van der Waals surface area contributed by atoms with Crippen LogP contribution in [0.3, 0.4) is 0 Å². The van der Waals surface area contributed by atoms with E-state index in [9.17, 15) is 0 Å². The first-order chi connectivity index (χ1) is 12.7. The summed E-state index contributed by atoms with van der Waals surface area (Å²) in [5, 5.41) is 7.18. The first-order valence-electron chi connectivity index (χ1n) is 10.7. The maximum absolute atomic E-state index is 5.43. The van der Waals surface area contributed by atoms with Gasteiger partial charge in [0.1, 0.15) is 0 Å². The fraction of sp³-hybridized carbons (Fsp3) is 0.950. The Labute approximate surface area is 159 Å². The molecule has 2 N–H and O–H groups in total. The first kappa shape index (κ1) is 19.9. The number of nitrogens with zero attached hydrogens (tertiary/aromatic N) is 3. The lowest BCUT2D eigenvalue weighted by atomic mass is 10.1. The molecule has 0 radical (unpaired) electrons. The zero-order valence-corrected chi connectivity index (χ0v) is 16.9. The number of nitrogens with one attached hydrogen (secondary N) is 2. The van der Waals surface area contributed by atoms with Gasteiger partial charge in [0.15, 0.2) is 5.96 Å². The predicted molar refractivity (Wildman–Crippen MR) is 108 cm³/mol. The van der Waals surface area contributed by atoms with Crippen molar-refractivity contribution in [2.75, 3.05) is 66.1 Å². The highest BCUT2D eigenvalue weighted by molar-refractivity contribution is 5.80. The largest absolute Gasteiger partial charge is 0.379 e. The Morgan fingerprint density at radius 1 is 1.12 bits per heavy atom. The third-order valence-corrected chi connectivity index (χ3v) is 6.12. The zero-order valence-electron chi connectivity index (χ0n) is 16.9. The fourth-order valence-corrected chi connectivity index (χ4v) is 4.62. The van der Waals surface area contributed by atoms with Gasteiger partial charge in [0.05, 0.1) is 13.2 Å². The zero-order chi connectivity index (χ0) is 18.2. The molecule has 0 aromatic carbocycles. The summed E-state index contributed by atoms with van der Waals surface area (Å²) in [5.74, 6) is 2.52. The smallest absolute Gasteiger partial charge is 0.191 e. The van der Waals surface area contributed by atoms with Gasteiger partial charge in [0.2, 0.25) is 0 Å². The highest BCUT2D eigenvalue weighted by Crippen LogP contribution is 2.26. The van der Waals surface area contributed by atoms with Gasteiger partial charge < -0.3 is 20.3 Å². The average Bonchev–Trinajstić information content (AvgIpc) is 3.32. The third-order valence-electron chi connectivity index (χ3n) is 6.12. The minimum atomic E-state index is 0.539. The Kier molecular flexibility index (Phi) is 8.02. The van der Waals surface area contributed by atoms with Crippen LogP contribution in [0.1, 0.15) is 39.0 Å². The molecule has 3 rings (SSSR count). The van der Waals surface area contributed by atoms with Gasteiger partial charge in [-0.3, -0.25) is 9.89 Å². The maximum atomic E-state index is 5.43. The van der Waals surface area contributed by atoms with Crippen molar-refractivity contribution in [2.45, 2.75) is 45.1 Å². The summed E-state index contributed by atoms with van der Waals surface area (Å²) < 4.78 is 5.43. The molecule has 2 heterocycles. The molecule has 0 bridgehead atoms. The lowest BCUT2D eigenvalue weighted by Gasteiger charge is -2.29. The summed E-state index contributed by atoms with van der Waals surface area (Å²) in [6.07, 6.45) is 7.01. The van der Waals surface area contributed by atoms with E-state index in [0.29, 0.717) is 12.0 Å². The number of rotatable bonds is 7. The van der Waals surface area contributed by atoms with Crippen LogP contribution >= 0.6 is 0 Å². The van der Waals surface area contributed by atoms with Gasteiger partial charge in [-0.25, -0.2) is 0 Å². The predicted octanol–water partition coefficient (Wildman–Crippen LogP) is 1.38. The van der Waals surface area contributed by atoms with Crippen molar-refractivity contribution >= 4 is 5.96 Å². The van der Waals surface area contributed by atoms with Crippen LogP contribution in [-0.2, 0) is 4.74 Å². The van der Waals surface area contributed by atoms with Crippen LogP contribution in [-0.4, -0.2) is 87.9 Å². The lowest BCUT2D eigenvalue weighted by Crippen LogP contribution is -2.47. The second kappa shape index (κ2) is 10.5. The van der Waals surface area contributed by atoms with E-state index < -0.39 is 0 Å². The highest BCUT2D eigenvalue weighted by Gasteiger charge is 2.26. The normalized spacial score (nSPS) is 27.8. The number of morpholine rings is 1. The summed E-state index contributed by atoms with van der Waals surface area (Å²) in [6.45, 7) is 12.0. The van der Waals surface area contributed by atoms with E-state index in [4.69, 9.17) is 4.74 Å². The molecule has 2 aliphatic heterocycles. The second-order valence-corrected chi connectivity index (χ2v) is 8.51. The van der Waals surface area contributed by atoms with Crippen LogP contribution in [0.15, 0.2) is 4.99 Å². The monoisotopic (exact) mass is 365 g/mol. The molecule has 150 valence electrons. The number of ether oxygens (including phenoxy) is 1. The van der Waals surface area contributed by atoms with Gasteiger partial charge in [0, 0.05) is 58.9 Å². The maximum Gasteiger partial charge on any atom is 0.191 e. The molecule has 3 fully saturated rings.